The molecule has 0 aromatic carbocycles. The molecule has 0 bridgehead atoms. The molecule has 0 rings (SSSR count). The average Bonchev–Trinajstić information content (AvgIpc) is 3.29. The van der Waals surface area contributed by atoms with Gasteiger partial charge in [0.15, 0.2) is 6.10 Å². The summed E-state index contributed by atoms with van der Waals surface area (Å²) < 4.78 is 17.3. The van der Waals surface area contributed by atoms with E-state index in [1.54, 1.807) is 0 Å². The molecule has 0 aromatic heterocycles. The molecule has 0 fully saturated rings. The van der Waals surface area contributed by atoms with Gasteiger partial charge in [0.25, 0.3) is 0 Å². The first-order valence-electron chi connectivity index (χ1n) is 28.2. The molecule has 0 aromatic rings. The van der Waals surface area contributed by atoms with Crippen LogP contribution < -0.4 is 5.11 Å². The van der Waals surface area contributed by atoms with Crippen molar-refractivity contribution in [1.29, 1.82) is 0 Å². The highest BCUT2D eigenvalue weighted by Gasteiger charge is 2.25. The molecule has 0 aliphatic carbocycles. The Morgan fingerprint density at radius 3 is 1.24 bits per heavy atom. The molecular formula is C59H107NO7. The molecule has 0 heterocycles. The van der Waals surface area contributed by atoms with Crippen molar-refractivity contribution < 1.29 is 38.2 Å². The van der Waals surface area contributed by atoms with Crippen molar-refractivity contribution in [1.82, 2.24) is 0 Å². The number of likely N-dealkylation sites (N-methyl/N-ethyl adjacent to an activating group) is 1. The standard InChI is InChI=1S/C59H107NO7/c1-6-8-10-12-14-16-18-20-22-24-26-28-29-30-32-34-36-38-40-42-44-46-48-50-58(62)67-55(53-65-52-51-56(59(63)64)60(3,4)5)54-66-57(61)49-47-45-43-41-39-37-35-33-31-27-25-23-21-19-17-15-13-11-9-7-2/h9,11,15,17,21,23,27,31,55-56H,6-8,10,12-14,16,18-20,22,24-26,28-30,32-54H2,1-5H3/b11-9+,17-15+,23-21+,31-27+. The predicted octanol–water partition coefficient (Wildman–Crippen LogP) is 15.4. The van der Waals surface area contributed by atoms with E-state index >= 15 is 0 Å². The molecule has 0 aliphatic rings. The molecule has 0 amide bonds. The van der Waals surface area contributed by atoms with E-state index in [9.17, 15) is 19.5 Å². The average molecular weight is 943 g/mol. The van der Waals surface area contributed by atoms with E-state index in [2.05, 4.69) is 62.5 Å². The van der Waals surface area contributed by atoms with Crippen LogP contribution in [0.25, 0.3) is 0 Å². The summed E-state index contributed by atoms with van der Waals surface area (Å²) in [4.78, 5) is 37.1. The first-order valence-corrected chi connectivity index (χ1v) is 28.2. The van der Waals surface area contributed by atoms with Crippen molar-refractivity contribution in [3.63, 3.8) is 0 Å². The van der Waals surface area contributed by atoms with Crippen molar-refractivity contribution in [3.05, 3.63) is 48.6 Å². The number of allylic oxidation sites excluding steroid dienone is 8. The minimum atomic E-state index is -1.12. The Kier molecular flexibility index (Phi) is 47.7. The van der Waals surface area contributed by atoms with Crippen molar-refractivity contribution in [3.8, 4) is 0 Å². The number of nitrogens with zero attached hydrogens (tertiary/aromatic N) is 1. The van der Waals surface area contributed by atoms with E-state index in [4.69, 9.17) is 14.2 Å². The molecule has 0 N–H and O–H groups in total. The van der Waals surface area contributed by atoms with Gasteiger partial charge >= 0.3 is 11.9 Å². The molecule has 0 saturated carbocycles. The number of unbranched alkanes of at least 4 members (excludes halogenated alkanes) is 29. The van der Waals surface area contributed by atoms with Gasteiger partial charge in [-0.2, -0.15) is 0 Å². The van der Waals surface area contributed by atoms with E-state index < -0.39 is 18.1 Å². The number of hydrogen-bond donors (Lipinski definition) is 0. The maximum absolute atomic E-state index is 12.8. The Morgan fingerprint density at radius 2 is 0.836 bits per heavy atom. The summed E-state index contributed by atoms with van der Waals surface area (Å²) in [7, 11) is 5.42. The quantitative estimate of drug-likeness (QED) is 0.0259. The molecule has 0 radical (unpaired) electrons. The lowest BCUT2D eigenvalue weighted by Crippen LogP contribution is -2.55. The van der Waals surface area contributed by atoms with Crippen LogP contribution in [-0.4, -0.2) is 75.5 Å². The molecule has 390 valence electrons. The third-order valence-corrected chi connectivity index (χ3v) is 12.7. The number of carbonyl (C=O) groups excluding carboxylic acids is 3. The summed E-state index contributed by atoms with van der Waals surface area (Å²) in [6.07, 6.45) is 61.5. The molecule has 8 nitrogen and oxygen atoms in total. The van der Waals surface area contributed by atoms with E-state index in [0.717, 1.165) is 70.6 Å². The van der Waals surface area contributed by atoms with Gasteiger partial charge in [-0.25, -0.2) is 0 Å². The lowest BCUT2D eigenvalue weighted by Gasteiger charge is -2.34. The van der Waals surface area contributed by atoms with E-state index in [1.165, 1.54) is 154 Å². The van der Waals surface area contributed by atoms with Crippen LogP contribution in [0.5, 0.6) is 0 Å². The van der Waals surface area contributed by atoms with Gasteiger partial charge in [-0.05, 0) is 51.4 Å². The molecular weight excluding hydrogens is 835 g/mol. The van der Waals surface area contributed by atoms with Crippen LogP contribution in [0.3, 0.4) is 0 Å². The van der Waals surface area contributed by atoms with Crippen LogP contribution in [0.2, 0.25) is 0 Å². The minimum absolute atomic E-state index is 0.0393. The predicted molar refractivity (Wildman–Crippen MR) is 282 cm³/mol. The fourth-order valence-electron chi connectivity index (χ4n) is 8.42. The van der Waals surface area contributed by atoms with Crippen LogP contribution in [-0.2, 0) is 28.6 Å². The lowest BCUT2D eigenvalue weighted by molar-refractivity contribution is -0.889. The van der Waals surface area contributed by atoms with Crippen molar-refractivity contribution >= 4 is 17.9 Å². The summed E-state index contributed by atoms with van der Waals surface area (Å²) in [6, 6.07) is -0.728. The number of carboxylic acids is 1. The summed E-state index contributed by atoms with van der Waals surface area (Å²) in [5.74, 6) is -1.73. The monoisotopic (exact) mass is 942 g/mol. The molecule has 0 saturated heterocycles. The SMILES string of the molecule is CC/C=C/C/C=C/C/C=C/C/C=C/CCCCCCCCCC(=O)OCC(COCCC(C(=O)[O-])[N+](C)(C)C)OC(=O)CCCCCCCCCCCCCCCCCCCCCCCCC. The summed E-state index contributed by atoms with van der Waals surface area (Å²) >= 11 is 0. The van der Waals surface area contributed by atoms with E-state index in [-0.39, 0.29) is 42.7 Å². The molecule has 0 spiro atoms. The van der Waals surface area contributed by atoms with Gasteiger partial charge in [-0.3, -0.25) is 9.59 Å². The second kappa shape index (κ2) is 49.7. The smallest absolute Gasteiger partial charge is 0.306 e. The highest BCUT2D eigenvalue weighted by molar-refractivity contribution is 5.70. The Balaban J connectivity index is 4.17. The number of carboxylic acid groups (broad SMARTS) is 1. The molecule has 0 aliphatic heterocycles. The number of aliphatic carboxylic acids is 1. The highest BCUT2D eigenvalue weighted by Crippen LogP contribution is 2.17. The first-order chi connectivity index (χ1) is 32.6. The third kappa shape index (κ3) is 48.1. The fourth-order valence-corrected chi connectivity index (χ4v) is 8.42. The topological polar surface area (TPSA) is 102 Å². The third-order valence-electron chi connectivity index (χ3n) is 12.7. The number of esters is 2. The van der Waals surface area contributed by atoms with Gasteiger partial charge in [-0.15, -0.1) is 0 Å². The number of quaternary nitrogens is 1. The molecule has 8 heteroatoms. The second-order valence-corrected chi connectivity index (χ2v) is 20.2. The van der Waals surface area contributed by atoms with Crippen molar-refractivity contribution in [2.24, 2.45) is 0 Å². The van der Waals surface area contributed by atoms with Gasteiger partial charge in [0.1, 0.15) is 12.6 Å². The van der Waals surface area contributed by atoms with E-state index in [0.29, 0.717) is 12.8 Å². The highest BCUT2D eigenvalue weighted by atomic mass is 16.6. The van der Waals surface area contributed by atoms with Crippen LogP contribution in [0.15, 0.2) is 48.6 Å². The maximum Gasteiger partial charge on any atom is 0.306 e. The molecule has 2 unspecified atom stereocenters. The zero-order chi connectivity index (χ0) is 49.2. The van der Waals surface area contributed by atoms with Gasteiger partial charge in [0.2, 0.25) is 0 Å². The number of hydrogen-bond acceptors (Lipinski definition) is 7. The van der Waals surface area contributed by atoms with E-state index in [1.807, 2.05) is 21.1 Å². The molecule has 67 heavy (non-hydrogen) atoms. The fraction of sp³-hybridized carbons (Fsp3) is 0.814. The Labute approximate surface area is 414 Å². The first kappa shape index (κ1) is 64.3. The largest absolute Gasteiger partial charge is 0.544 e. The zero-order valence-electron chi connectivity index (χ0n) is 44.6. The molecule has 2 atom stereocenters. The van der Waals surface area contributed by atoms with Gasteiger partial charge in [0.05, 0.1) is 40.3 Å². The lowest BCUT2D eigenvalue weighted by atomic mass is 10.0. The Bertz CT molecular complexity index is 1230. The summed E-state index contributed by atoms with van der Waals surface area (Å²) in [5.41, 5.74) is 0. The van der Waals surface area contributed by atoms with Crippen LogP contribution in [0.1, 0.15) is 258 Å². The number of rotatable bonds is 51. The summed E-state index contributed by atoms with van der Waals surface area (Å²) in [5, 5.41) is 11.7. The Hall–Kier alpha value is -2.71. The van der Waals surface area contributed by atoms with Gasteiger partial charge < -0.3 is 28.6 Å². The zero-order valence-corrected chi connectivity index (χ0v) is 44.6. The number of carbonyl (C=O) groups is 3. The normalized spacial score (nSPS) is 13.1. The van der Waals surface area contributed by atoms with Gasteiger partial charge in [0, 0.05) is 19.3 Å². The van der Waals surface area contributed by atoms with Crippen LogP contribution in [0.4, 0.5) is 0 Å². The summed E-state index contributed by atoms with van der Waals surface area (Å²) in [6.45, 7) is 4.58. The van der Waals surface area contributed by atoms with Gasteiger partial charge in [-0.1, -0.05) is 236 Å². The van der Waals surface area contributed by atoms with Crippen LogP contribution >= 0.6 is 0 Å². The Morgan fingerprint density at radius 1 is 0.463 bits per heavy atom. The van der Waals surface area contributed by atoms with Crippen molar-refractivity contribution in [2.75, 3.05) is 41.0 Å². The van der Waals surface area contributed by atoms with Crippen LogP contribution in [0, 0.1) is 0 Å². The second-order valence-electron chi connectivity index (χ2n) is 20.2. The van der Waals surface area contributed by atoms with Crippen molar-refractivity contribution in [2.45, 2.75) is 270 Å². The minimum Gasteiger partial charge on any atom is -0.544 e. The number of ether oxygens (including phenoxy) is 3. The maximum atomic E-state index is 12.8.